The maximum Gasteiger partial charge on any atom is 1.00 e. The summed E-state index contributed by atoms with van der Waals surface area (Å²) in [7, 11) is -24.0. The van der Waals surface area contributed by atoms with Crippen LogP contribution in [0, 0.1) is 40.7 Å². The van der Waals surface area contributed by atoms with Gasteiger partial charge in [-0.1, -0.05) is 24.3 Å². The van der Waals surface area contributed by atoms with Crippen LogP contribution in [0.2, 0.25) is 0 Å². The summed E-state index contributed by atoms with van der Waals surface area (Å²) in [6.07, 6.45) is 0. The third-order valence-corrected chi connectivity index (χ3v) is 18.7. The summed E-state index contributed by atoms with van der Waals surface area (Å²) in [5, 5.41) is 32.9. The number of rotatable bonds is 22. The molecule has 11 rings (SSSR count). The molecule has 7 aromatic carbocycles. The number of hydrogen-bond donors (Lipinski definition) is 0. The molecule has 11 aromatic rings. The average Bonchev–Trinajstić information content (AvgIpc) is 2.13. The number of halogens is 23. The Hall–Kier alpha value is -1.25. The van der Waals surface area contributed by atoms with Crippen molar-refractivity contribution in [1.29, 1.82) is 0 Å². The van der Waals surface area contributed by atoms with Crippen molar-refractivity contribution in [3.63, 3.8) is 0 Å². The molecule has 0 amide bonds. The molecule has 0 atom stereocenters. The fourth-order valence-corrected chi connectivity index (χ4v) is 12.5. The molecule has 113 heavy (non-hydrogen) atoms. The summed E-state index contributed by atoms with van der Waals surface area (Å²) in [6.45, 7) is 0. The van der Waals surface area contributed by atoms with Crippen molar-refractivity contribution in [2.75, 3.05) is 0 Å². The first-order valence-electron chi connectivity index (χ1n) is 29.0. The van der Waals surface area contributed by atoms with E-state index in [2.05, 4.69) is 40.8 Å². The molecule has 0 aliphatic heterocycles. The third-order valence-electron chi connectivity index (χ3n) is 11.1. The minimum absolute atomic E-state index is 0. The molecule has 0 spiro atoms. The van der Waals surface area contributed by atoms with E-state index in [-0.39, 0.29) is 220 Å². The zero-order chi connectivity index (χ0) is 77.6. The second-order valence-corrected chi connectivity index (χ2v) is 27.3. The molecule has 0 saturated carbocycles. The van der Waals surface area contributed by atoms with Gasteiger partial charge >= 0.3 is 186 Å². The molecular weight excluding hydrogens is 2810 g/mol. The van der Waals surface area contributed by atoms with E-state index in [1.165, 1.54) is 84.9 Å². The van der Waals surface area contributed by atoms with Crippen LogP contribution in [-0.4, -0.2) is 49.4 Å². The van der Waals surface area contributed by atoms with Crippen LogP contribution in [0.15, 0.2) is 228 Å². The van der Waals surface area contributed by atoms with Crippen LogP contribution in [-0.2, 0) is 238 Å². The Morgan fingerprint density at radius 1 is 0.239 bits per heavy atom. The van der Waals surface area contributed by atoms with Crippen LogP contribution in [0.3, 0.4) is 0 Å². The van der Waals surface area contributed by atoms with Crippen molar-refractivity contribution >= 4 is 124 Å². The van der Waals surface area contributed by atoms with Gasteiger partial charge in [0.25, 0.3) is 0 Å². The number of benzene rings is 7. The van der Waals surface area contributed by atoms with Crippen molar-refractivity contribution in [1.82, 2.24) is 40.8 Å². The van der Waals surface area contributed by atoms with E-state index < -0.39 is 29.0 Å². The summed E-state index contributed by atoms with van der Waals surface area (Å²) >= 11 is 16.0. The van der Waals surface area contributed by atoms with Gasteiger partial charge in [-0.15, -0.1) is 111 Å². The van der Waals surface area contributed by atoms with E-state index in [4.69, 9.17) is 12.6 Å². The Balaban J connectivity index is -0.000000416. The molecule has 0 saturated heterocycles. The maximum absolute atomic E-state index is 12.8. The Morgan fingerprint density at radius 2 is 0.363 bits per heavy atom. The zero-order valence-electron chi connectivity index (χ0n) is 55.4. The molecule has 1 radical (unpaired) electrons. The summed E-state index contributed by atoms with van der Waals surface area (Å²) in [5.41, 5.74) is 7.13. The number of hydrogen-bond acceptors (Lipinski definition) is 12. The summed E-state index contributed by atoms with van der Waals surface area (Å²) in [4.78, 5) is 7.00. The van der Waals surface area contributed by atoms with Crippen LogP contribution in [0.5, 0.6) is 0 Å². The molecule has 4 heterocycles. The molecule has 0 N–H and O–H groups in total. The Kier molecular flexibility index (Phi) is 68.7. The van der Waals surface area contributed by atoms with Crippen molar-refractivity contribution in [2.24, 2.45) is 0 Å². The van der Waals surface area contributed by atoms with Gasteiger partial charge in [0.1, 0.15) is 40.7 Å². The fourth-order valence-electron chi connectivity index (χ4n) is 6.89. The molecule has 0 fully saturated rings. The standard InChI is InChI=1S/3C17H13F2N2S2.C11H10FN2S2.4Ag.4Au.4BF4/c3*18-12-1-5-16(6-2-12)22-10-14-9-15(21-20-14)11-23-17-7-3-13(19)4-8-17;12-8-1-3-11(4-2-8)16-7-10-5-9(6-15)13-14-10;;;;;;;;;4*2-1(3,4)5/h3*1-9H,10-11H2;1-5H,6-7H2,(H-,13,14,15);;;;;;;;;;;;/q4*-1;4*+1;;3*+1;4*-1/p-1. The van der Waals surface area contributed by atoms with Gasteiger partial charge in [-0.25, -0.2) is 30.7 Å². The maximum atomic E-state index is 12.8. The molecule has 4 aromatic heterocycles. The second-order valence-electron chi connectivity index (χ2n) is 19.6. The van der Waals surface area contributed by atoms with Crippen LogP contribution in [0.1, 0.15) is 45.6 Å². The van der Waals surface area contributed by atoms with Gasteiger partial charge in [0.2, 0.25) is 0 Å². The normalized spacial score (nSPS) is 10.3. The van der Waals surface area contributed by atoms with Gasteiger partial charge in [0.15, 0.2) is 0 Å². The molecule has 0 aliphatic carbocycles. The smallest absolute Gasteiger partial charge is 0.787 e. The van der Waals surface area contributed by atoms with Gasteiger partial charge in [0, 0.05) is 114 Å². The topological polar surface area (TPSA) is 108 Å². The molecule has 51 heteroatoms. The van der Waals surface area contributed by atoms with Gasteiger partial charge in [0.05, 0.1) is 0 Å². The minimum atomic E-state index is -6.00. The van der Waals surface area contributed by atoms with Crippen molar-refractivity contribution < 1.29 is 279 Å². The van der Waals surface area contributed by atoms with Crippen LogP contribution >= 0.6 is 82.3 Å². The van der Waals surface area contributed by atoms with E-state index in [1.807, 2.05) is 24.3 Å². The predicted octanol–water partition coefficient (Wildman–Crippen LogP) is 22.4. The van der Waals surface area contributed by atoms with Gasteiger partial charge in [-0.05, 0) is 176 Å². The van der Waals surface area contributed by atoms with E-state index >= 15 is 0 Å². The SMILES string of the molecule is F[B-](F)(F)F.F[B-](F)(F)F.F[B-](F)(F)F.F[B-](F)(F)F.Fc1ccc(SCc2cc(CSc3ccc(F)cc3)[n-]n2)cc1.Fc1ccc(SCc2cc(CSc3ccc(F)cc3)[n-]n2)cc1.Fc1ccc(SCc2cc(CSc3ccc(F)cc3)[n-]n2)cc1.Fc1ccc(SCc2cc(C[S-])n[n-]2)cc1.[Ag+].[Ag+].[Ag+].[Ag+].[Au+].[Au+].[Au+].[Au]. The van der Waals surface area contributed by atoms with Crippen LogP contribution in [0.25, 0.3) is 0 Å². The monoisotopic (exact) mass is 2860 g/mol. The molecule has 0 aliphatic rings. The quantitative estimate of drug-likeness (QED) is 0.0278. The van der Waals surface area contributed by atoms with Gasteiger partial charge in [-0.2, -0.15) is 0 Å². The first-order valence-corrected chi connectivity index (χ1v) is 36.5. The molecule has 8 nitrogen and oxygen atoms in total. The van der Waals surface area contributed by atoms with E-state index in [0.29, 0.717) is 40.3 Å². The van der Waals surface area contributed by atoms with E-state index in [0.717, 1.165) is 85.6 Å². The molecule has 0 unspecified atom stereocenters. The largest absolute Gasteiger partial charge is 1.00 e. The minimum Gasteiger partial charge on any atom is -0.787 e. The van der Waals surface area contributed by atoms with Crippen molar-refractivity contribution in [2.45, 2.75) is 80.3 Å². The molecular formula is C62H48Ag4Au4B4F23N8S8-2. The first-order chi connectivity index (χ1) is 49.3. The van der Waals surface area contributed by atoms with Gasteiger partial charge < -0.3 is 122 Å². The first kappa shape index (κ1) is 120. The number of aromatic nitrogens is 8. The van der Waals surface area contributed by atoms with E-state index in [9.17, 15) is 99.8 Å². The second kappa shape index (κ2) is 64.6. The van der Waals surface area contributed by atoms with Gasteiger partial charge in [-0.3, -0.25) is 0 Å². The molecule has 0 bridgehead atoms. The van der Waals surface area contributed by atoms with Crippen LogP contribution in [0.4, 0.5) is 99.8 Å². The molecule has 647 valence electrons. The summed E-state index contributed by atoms with van der Waals surface area (Å²) in [6, 6.07) is 52.6. The summed E-state index contributed by atoms with van der Waals surface area (Å²) < 4.78 is 246. The van der Waals surface area contributed by atoms with Crippen molar-refractivity contribution in [3.8, 4) is 0 Å². The predicted molar refractivity (Wildman–Crippen MR) is 374 cm³/mol. The summed E-state index contributed by atoms with van der Waals surface area (Å²) in [5.74, 6) is 3.77. The number of thioether (sulfide) groups is 7. The third kappa shape index (κ3) is 65.2. The Morgan fingerprint density at radius 3 is 0.496 bits per heavy atom. The van der Waals surface area contributed by atoms with Crippen molar-refractivity contribution in [3.05, 3.63) is 280 Å². The Labute approximate surface area is 794 Å². The van der Waals surface area contributed by atoms with Crippen LogP contribution < -0.4 is 20.4 Å². The average molecular weight is 2860 g/mol. The fraction of sp³-hybridized carbons (Fsp3) is 0.129. The Bertz CT molecular complexity index is 3640. The van der Waals surface area contributed by atoms with E-state index in [1.54, 1.807) is 167 Å². The number of nitrogens with zero attached hydrogens (tertiary/aromatic N) is 8. The zero-order valence-corrected chi connectivity index (χ0v) is 76.5.